The van der Waals surface area contributed by atoms with Crippen LogP contribution in [0.2, 0.25) is 10.0 Å². The fourth-order valence-corrected chi connectivity index (χ4v) is 4.29. The number of piperazine rings is 1. The highest BCUT2D eigenvalue weighted by Crippen LogP contribution is 2.30. The molecular formula is C18H16Cl2N4OS. The average Bonchev–Trinajstić information content (AvgIpc) is 3.03. The fraction of sp³-hybridized carbons (Fsp3) is 0.278. The molecule has 0 atom stereocenters. The average molecular weight is 407 g/mol. The monoisotopic (exact) mass is 406 g/mol. The maximum Gasteiger partial charge on any atom is 0.254 e. The van der Waals surface area contributed by atoms with Crippen molar-refractivity contribution in [1.29, 1.82) is 0 Å². The number of aromatic nitrogens is 2. The van der Waals surface area contributed by atoms with E-state index in [-0.39, 0.29) is 5.91 Å². The number of carbonyl (C=O) groups is 1. The summed E-state index contributed by atoms with van der Waals surface area (Å²) in [6, 6.07) is 7.12. The van der Waals surface area contributed by atoms with Crippen LogP contribution in [0.15, 0.2) is 30.6 Å². The third-order valence-electron chi connectivity index (χ3n) is 4.46. The minimum Gasteiger partial charge on any atom is -0.352 e. The molecule has 1 aliphatic heterocycles. The van der Waals surface area contributed by atoms with Gasteiger partial charge in [-0.15, -0.1) is 11.3 Å². The van der Waals surface area contributed by atoms with Crippen LogP contribution < -0.4 is 4.90 Å². The molecule has 1 aromatic carbocycles. The smallest absolute Gasteiger partial charge is 0.254 e. The molecule has 0 bridgehead atoms. The Labute approximate surface area is 165 Å². The van der Waals surface area contributed by atoms with E-state index in [4.69, 9.17) is 23.2 Å². The maximum absolute atomic E-state index is 12.7. The number of aryl methyl sites for hydroxylation is 1. The standard InChI is InChI=1S/C18H16Cl2N4OS/c1-11-8-13-16(21-10-22-17(13)26-11)23-4-6-24(7-5-23)18(25)12-2-3-14(19)15(20)9-12/h2-3,8-10H,4-7H2,1H3. The number of thiophene rings is 1. The molecule has 3 aromatic rings. The lowest BCUT2D eigenvalue weighted by Crippen LogP contribution is -2.49. The SMILES string of the molecule is Cc1cc2c(N3CCN(C(=O)c4ccc(Cl)c(Cl)c4)CC3)ncnc2s1. The predicted octanol–water partition coefficient (Wildman–Crippen LogP) is 4.27. The van der Waals surface area contributed by atoms with Crippen LogP contribution in [0.3, 0.4) is 0 Å². The van der Waals surface area contributed by atoms with E-state index in [9.17, 15) is 4.79 Å². The number of anilines is 1. The fourth-order valence-electron chi connectivity index (χ4n) is 3.15. The van der Waals surface area contributed by atoms with Crippen molar-refractivity contribution >= 4 is 56.5 Å². The molecule has 0 radical (unpaired) electrons. The molecule has 0 saturated carbocycles. The van der Waals surface area contributed by atoms with E-state index in [0.717, 1.165) is 29.1 Å². The van der Waals surface area contributed by atoms with Crippen LogP contribution in [0.25, 0.3) is 10.2 Å². The van der Waals surface area contributed by atoms with E-state index >= 15 is 0 Å². The Hall–Kier alpha value is -1.89. The van der Waals surface area contributed by atoms with E-state index in [1.807, 2.05) is 4.90 Å². The quantitative estimate of drug-likeness (QED) is 0.637. The molecule has 1 fully saturated rings. The van der Waals surface area contributed by atoms with Gasteiger partial charge in [0.2, 0.25) is 0 Å². The van der Waals surface area contributed by atoms with Crippen molar-refractivity contribution in [3.8, 4) is 0 Å². The Bertz CT molecular complexity index is 982. The molecule has 1 saturated heterocycles. The number of carbonyl (C=O) groups excluding carboxylic acids is 1. The molecule has 1 amide bonds. The zero-order chi connectivity index (χ0) is 18.3. The number of hydrogen-bond acceptors (Lipinski definition) is 5. The summed E-state index contributed by atoms with van der Waals surface area (Å²) in [4.78, 5) is 27.8. The molecule has 0 N–H and O–H groups in total. The van der Waals surface area contributed by atoms with E-state index in [1.165, 1.54) is 4.88 Å². The number of benzene rings is 1. The highest BCUT2D eigenvalue weighted by atomic mass is 35.5. The molecule has 4 rings (SSSR count). The van der Waals surface area contributed by atoms with Gasteiger partial charge in [-0.1, -0.05) is 23.2 Å². The molecule has 2 aromatic heterocycles. The summed E-state index contributed by atoms with van der Waals surface area (Å²) in [6.07, 6.45) is 1.61. The second-order valence-electron chi connectivity index (χ2n) is 6.18. The Balaban J connectivity index is 1.50. The van der Waals surface area contributed by atoms with Crippen molar-refractivity contribution in [2.24, 2.45) is 0 Å². The Morgan fingerprint density at radius 3 is 2.58 bits per heavy atom. The molecule has 8 heteroatoms. The van der Waals surface area contributed by atoms with Crippen LogP contribution in [-0.4, -0.2) is 47.0 Å². The summed E-state index contributed by atoms with van der Waals surface area (Å²) >= 11 is 13.6. The molecule has 0 aliphatic carbocycles. The van der Waals surface area contributed by atoms with Crippen LogP contribution in [0.1, 0.15) is 15.2 Å². The van der Waals surface area contributed by atoms with Crippen molar-refractivity contribution in [1.82, 2.24) is 14.9 Å². The second-order valence-corrected chi connectivity index (χ2v) is 8.23. The summed E-state index contributed by atoms with van der Waals surface area (Å²) in [5, 5.41) is 1.93. The number of nitrogens with zero attached hydrogens (tertiary/aromatic N) is 4. The van der Waals surface area contributed by atoms with Crippen LogP contribution in [0.5, 0.6) is 0 Å². The van der Waals surface area contributed by atoms with Crippen molar-refractivity contribution in [3.05, 3.63) is 51.1 Å². The zero-order valence-corrected chi connectivity index (χ0v) is 16.4. The molecule has 0 unspecified atom stereocenters. The van der Waals surface area contributed by atoms with E-state index < -0.39 is 0 Å². The van der Waals surface area contributed by atoms with Gasteiger partial charge >= 0.3 is 0 Å². The van der Waals surface area contributed by atoms with Gasteiger partial charge in [-0.2, -0.15) is 0 Å². The first-order chi connectivity index (χ1) is 12.5. The molecule has 1 aliphatic rings. The molecular weight excluding hydrogens is 391 g/mol. The van der Waals surface area contributed by atoms with Gasteiger partial charge in [-0.25, -0.2) is 9.97 Å². The van der Waals surface area contributed by atoms with Gasteiger partial charge < -0.3 is 9.80 Å². The Morgan fingerprint density at radius 1 is 1.08 bits per heavy atom. The first kappa shape index (κ1) is 17.5. The molecule has 0 spiro atoms. The highest BCUT2D eigenvalue weighted by molar-refractivity contribution is 7.18. The first-order valence-corrected chi connectivity index (χ1v) is 9.80. The Morgan fingerprint density at radius 2 is 1.85 bits per heavy atom. The van der Waals surface area contributed by atoms with Crippen molar-refractivity contribution in [2.75, 3.05) is 31.1 Å². The first-order valence-electron chi connectivity index (χ1n) is 8.23. The molecule has 3 heterocycles. The second kappa shape index (κ2) is 7.02. The third-order valence-corrected chi connectivity index (χ3v) is 6.16. The van der Waals surface area contributed by atoms with Crippen LogP contribution in [0.4, 0.5) is 5.82 Å². The van der Waals surface area contributed by atoms with Gasteiger partial charge in [0.05, 0.1) is 15.4 Å². The number of fused-ring (bicyclic) bond motifs is 1. The van der Waals surface area contributed by atoms with Gasteiger partial charge in [0, 0.05) is 36.6 Å². The summed E-state index contributed by atoms with van der Waals surface area (Å²) in [5.74, 6) is 0.920. The largest absolute Gasteiger partial charge is 0.352 e. The van der Waals surface area contributed by atoms with Crippen LogP contribution in [0, 0.1) is 6.92 Å². The van der Waals surface area contributed by atoms with Crippen LogP contribution >= 0.6 is 34.5 Å². The minimum atomic E-state index is -0.0255. The van der Waals surface area contributed by atoms with Crippen molar-refractivity contribution < 1.29 is 4.79 Å². The van der Waals surface area contributed by atoms with Gasteiger partial charge in [0.1, 0.15) is 17.0 Å². The van der Waals surface area contributed by atoms with Crippen molar-refractivity contribution in [2.45, 2.75) is 6.92 Å². The third kappa shape index (κ3) is 3.24. The van der Waals surface area contributed by atoms with Gasteiger partial charge in [-0.05, 0) is 31.2 Å². The topological polar surface area (TPSA) is 49.3 Å². The molecule has 134 valence electrons. The van der Waals surface area contributed by atoms with Gasteiger partial charge in [0.25, 0.3) is 5.91 Å². The summed E-state index contributed by atoms with van der Waals surface area (Å²) < 4.78 is 0. The van der Waals surface area contributed by atoms with Gasteiger partial charge in [-0.3, -0.25) is 4.79 Å². The number of amides is 1. The maximum atomic E-state index is 12.7. The number of halogens is 2. The van der Waals surface area contributed by atoms with Crippen LogP contribution in [-0.2, 0) is 0 Å². The predicted molar refractivity (Wildman–Crippen MR) is 107 cm³/mol. The van der Waals surface area contributed by atoms with E-state index in [2.05, 4.69) is 27.9 Å². The van der Waals surface area contributed by atoms with Crippen molar-refractivity contribution in [3.63, 3.8) is 0 Å². The highest BCUT2D eigenvalue weighted by Gasteiger charge is 2.24. The lowest BCUT2D eigenvalue weighted by molar-refractivity contribution is 0.0746. The normalized spacial score (nSPS) is 14.9. The Kier molecular flexibility index (Phi) is 4.73. The lowest BCUT2D eigenvalue weighted by atomic mass is 10.1. The van der Waals surface area contributed by atoms with E-state index in [0.29, 0.717) is 28.7 Å². The minimum absolute atomic E-state index is 0.0255. The van der Waals surface area contributed by atoms with Gasteiger partial charge in [0.15, 0.2) is 0 Å². The van der Waals surface area contributed by atoms with E-state index in [1.54, 1.807) is 35.9 Å². The lowest BCUT2D eigenvalue weighted by Gasteiger charge is -2.35. The number of rotatable bonds is 2. The number of hydrogen-bond donors (Lipinski definition) is 0. The summed E-state index contributed by atoms with van der Waals surface area (Å²) in [5.41, 5.74) is 0.561. The zero-order valence-electron chi connectivity index (χ0n) is 14.1. The summed E-state index contributed by atoms with van der Waals surface area (Å²) in [7, 11) is 0. The summed E-state index contributed by atoms with van der Waals surface area (Å²) in [6.45, 7) is 4.80. The molecule has 5 nitrogen and oxygen atoms in total. The molecule has 26 heavy (non-hydrogen) atoms.